The second-order valence-electron chi connectivity index (χ2n) is 6.26. The van der Waals surface area contributed by atoms with Crippen LogP contribution in [-0.4, -0.2) is 22.3 Å². The van der Waals surface area contributed by atoms with Gasteiger partial charge in [0.2, 0.25) is 0 Å². The van der Waals surface area contributed by atoms with Crippen LogP contribution in [0.1, 0.15) is 96.8 Å². The first kappa shape index (κ1) is 21.2. The molecule has 0 aliphatic carbocycles. The van der Waals surface area contributed by atoms with Gasteiger partial charge in [-0.3, -0.25) is 4.79 Å². The average molecular weight is 312 g/mol. The van der Waals surface area contributed by atoms with Crippen LogP contribution in [-0.2, 0) is 4.79 Å². The third kappa shape index (κ3) is 17.2. The van der Waals surface area contributed by atoms with Crippen molar-refractivity contribution in [1.29, 1.82) is 0 Å². The summed E-state index contributed by atoms with van der Waals surface area (Å²) in [5.74, 6) is -0.688. The Morgan fingerprint density at radius 1 is 0.909 bits per heavy atom. The quantitative estimate of drug-likeness (QED) is 0.293. The normalized spacial score (nSPS) is 12.8. The van der Waals surface area contributed by atoms with Crippen molar-refractivity contribution in [1.82, 2.24) is 0 Å². The van der Waals surface area contributed by atoms with E-state index in [1.165, 1.54) is 32.1 Å². The molecule has 3 heteroatoms. The zero-order valence-corrected chi connectivity index (χ0v) is 14.4. The summed E-state index contributed by atoms with van der Waals surface area (Å²) < 4.78 is 0. The number of hydrogen-bond donors (Lipinski definition) is 2. The van der Waals surface area contributed by atoms with Gasteiger partial charge in [-0.05, 0) is 32.1 Å². The van der Waals surface area contributed by atoms with E-state index >= 15 is 0 Å². The summed E-state index contributed by atoms with van der Waals surface area (Å²) in [5, 5.41) is 18.4. The Bertz CT molecular complexity index is 274. The predicted molar refractivity (Wildman–Crippen MR) is 93.1 cm³/mol. The Balaban J connectivity index is 3.26. The molecule has 0 aliphatic rings. The molecule has 0 aromatic rings. The topological polar surface area (TPSA) is 57.5 Å². The molecule has 0 fully saturated rings. The molecule has 0 aromatic heterocycles. The van der Waals surface area contributed by atoms with E-state index in [1.54, 1.807) is 0 Å². The standard InChI is InChI=1S/C19H36O3/c1-2-3-4-9-12-15-18(20)16-13-10-7-5-6-8-11-14-17-19(21)22/h10,13,18,20H,2-9,11-12,14-17H2,1H3,(H,21,22)/b13-10-. The molecule has 0 bridgehead atoms. The molecule has 22 heavy (non-hydrogen) atoms. The second-order valence-corrected chi connectivity index (χ2v) is 6.26. The van der Waals surface area contributed by atoms with Crippen molar-refractivity contribution in [3.05, 3.63) is 12.2 Å². The molecule has 1 unspecified atom stereocenters. The maximum Gasteiger partial charge on any atom is 0.303 e. The van der Waals surface area contributed by atoms with Crippen molar-refractivity contribution in [2.24, 2.45) is 0 Å². The molecule has 0 rings (SSSR count). The van der Waals surface area contributed by atoms with Gasteiger partial charge in [0.15, 0.2) is 0 Å². The number of hydrogen-bond acceptors (Lipinski definition) is 2. The van der Waals surface area contributed by atoms with E-state index in [0.29, 0.717) is 6.42 Å². The van der Waals surface area contributed by atoms with Gasteiger partial charge in [-0.2, -0.15) is 0 Å². The number of unbranched alkanes of at least 4 members (excludes halogenated alkanes) is 9. The number of aliphatic carboxylic acids is 1. The second kappa shape index (κ2) is 16.5. The zero-order valence-electron chi connectivity index (χ0n) is 14.4. The monoisotopic (exact) mass is 312 g/mol. The fraction of sp³-hybridized carbons (Fsp3) is 0.842. The number of carbonyl (C=O) groups is 1. The van der Waals surface area contributed by atoms with E-state index in [4.69, 9.17) is 5.11 Å². The Labute approximate surface area is 136 Å². The number of rotatable bonds is 16. The lowest BCUT2D eigenvalue weighted by Crippen LogP contribution is -2.04. The summed E-state index contributed by atoms with van der Waals surface area (Å²) in [6, 6.07) is 0. The molecule has 2 N–H and O–H groups in total. The van der Waals surface area contributed by atoms with Gasteiger partial charge in [-0.1, -0.05) is 70.4 Å². The van der Waals surface area contributed by atoms with E-state index in [9.17, 15) is 9.90 Å². The third-order valence-electron chi connectivity index (χ3n) is 3.98. The van der Waals surface area contributed by atoms with E-state index in [0.717, 1.165) is 51.4 Å². The molecule has 0 saturated heterocycles. The highest BCUT2D eigenvalue weighted by Crippen LogP contribution is 2.11. The van der Waals surface area contributed by atoms with Crippen molar-refractivity contribution < 1.29 is 15.0 Å². The van der Waals surface area contributed by atoms with Gasteiger partial charge in [-0.25, -0.2) is 0 Å². The highest BCUT2D eigenvalue weighted by molar-refractivity contribution is 5.66. The fourth-order valence-electron chi connectivity index (χ4n) is 2.54. The van der Waals surface area contributed by atoms with Crippen LogP contribution < -0.4 is 0 Å². The van der Waals surface area contributed by atoms with Crippen molar-refractivity contribution in [2.75, 3.05) is 0 Å². The number of allylic oxidation sites excluding steroid dienone is 1. The molecule has 1 atom stereocenters. The molecular formula is C19H36O3. The molecule has 130 valence electrons. The largest absolute Gasteiger partial charge is 0.481 e. The average Bonchev–Trinajstić information content (AvgIpc) is 2.48. The molecule has 0 heterocycles. The molecule has 3 nitrogen and oxygen atoms in total. The van der Waals surface area contributed by atoms with Crippen LogP contribution in [0.4, 0.5) is 0 Å². The zero-order chi connectivity index (χ0) is 16.5. The van der Waals surface area contributed by atoms with Gasteiger partial charge < -0.3 is 10.2 Å². The highest BCUT2D eigenvalue weighted by atomic mass is 16.4. The Morgan fingerprint density at radius 3 is 2.27 bits per heavy atom. The minimum absolute atomic E-state index is 0.172. The van der Waals surface area contributed by atoms with Crippen molar-refractivity contribution >= 4 is 5.97 Å². The van der Waals surface area contributed by atoms with Gasteiger partial charge in [0.05, 0.1) is 6.10 Å². The SMILES string of the molecule is CCCCCCCC(O)C/C=C\CCCCCCCC(=O)O. The van der Waals surface area contributed by atoms with Gasteiger partial charge >= 0.3 is 5.97 Å². The predicted octanol–water partition coefficient (Wildman–Crippen LogP) is 5.47. The van der Waals surface area contributed by atoms with Gasteiger partial charge in [0, 0.05) is 6.42 Å². The van der Waals surface area contributed by atoms with Crippen molar-refractivity contribution in [2.45, 2.75) is 103 Å². The van der Waals surface area contributed by atoms with Crippen LogP contribution in [0.5, 0.6) is 0 Å². The lowest BCUT2D eigenvalue weighted by Gasteiger charge is -2.07. The van der Waals surface area contributed by atoms with E-state index < -0.39 is 5.97 Å². The number of aliphatic hydroxyl groups excluding tert-OH is 1. The Morgan fingerprint density at radius 2 is 1.55 bits per heavy atom. The lowest BCUT2D eigenvalue weighted by molar-refractivity contribution is -0.137. The fourth-order valence-corrected chi connectivity index (χ4v) is 2.54. The first-order valence-electron chi connectivity index (χ1n) is 9.21. The van der Waals surface area contributed by atoms with Gasteiger partial charge in [0.1, 0.15) is 0 Å². The number of carboxylic acid groups (broad SMARTS) is 1. The van der Waals surface area contributed by atoms with Crippen molar-refractivity contribution in [3.63, 3.8) is 0 Å². The Kier molecular flexibility index (Phi) is 15.9. The van der Waals surface area contributed by atoms with Crippen LogP contribution in [0, 0.1) is 0 Å². The minimum Gasteiger partial charge on any atom is -0.481 e. The Hall–Kier alpha value is -0.830. The maximum absolute atomic E-state index is 10.3. The molecule has 0 spiro atoms. The van der Waals surface area contributed by atoms with E-state index in [2.05, 4.69) is 19.1 Å². The van der Waals surface area contributed by atoms with Crippen LogP contribution in [0.15, 0.2) is 12.2 Å². The van der Waals surface area contributed by atoms with Gasteiger partial charge in [-0.15, -0.1) is 0 Å². The summed E-state index contributed by atoms with van der Waals surface area (Å²) in [4.78, 5) is 10.3. The molecule has 0 radical (unpaired) electrons. The molecule has 0 aromatic carbocycles. The summed E-state index contributed by atoms with van der Waals surface area (Å²) in [7, 11) is 0. The van der Waals surface area contributed by atoms with Gasteiger partial charge in [0.25, 0.3) is 0 Å². The first-order valence-corrected chi connectivity index (χ1v) is 9.21. The number of carboxylic acids is 1. The van der Waals surface area contributed by atoms with E-state index in [1.807, 2.05) is 0 Å². The van der Waals surface area contributed by atoms with Crippen molar-refractivity contribution in [3.8, 4) is 0 Å². The van der Waals surface area contributed by atoms with Crippen LogP contribution in [0.25, 0.3) is 0 Å². The molecule has 0 saturated carbocycles. The minimum atomic E-state index is -0.688. The van der Waals surface area contributed by atoms with Crippen LogP contribution >= 0.6 is 0 Å². The smallest absolute Gasteiger partial charge is 0.303 e. The molecular weight excluding hydrogens is 276 g/mol. The van der Waals surface area contributed by atoms with Crippen LogP contribution in [0.2, 0.25) is 0 Å². The first-order chi connectivity index (χ1) is 10.7. The maximum atomic E-state index is 10.3. The summed E-state index contributed by atoms with van der Waals surface area (Å²) >= 11 is 0. The van der Waals surface area contributed by atoms with E-state index in [-0.39, 0.29) is 6.10 Å². The number of aliphatic hydroxyl groups is 1. The summed E-state index contributed by atoms with van der Waals surface area (Å²) in [6.45, 7) is 2.22. The molecule has 0 aliphatic heterocycles. The van der Waals surface area contributed by atoms with Crippen LogP contribution in [0.3, 0.4) is 0 Å². The summed E-state index contributed by atoms with van der Waals surface area (Å²) in [6.07, 6.45) is 18.8. The highest BCUT2D eigenvalue weighted by Gasteiger charge is 2.01. The summed E-state index contributed by atoms with van der Waals surface area (Å²) in [5.41, 5.74) is 0. The third-order valence-corrected chi connectivity index (χ3v) is 3.98. The molecule has 0 amide bonds. The lowest BCUT2D eigenvalue weighted by atomic mass is 10.1.